The zero-order valence-electron chi connectivity index (χ0n) is 12.9. The molecule has 0 saturated heterocycles. The Kier molecular flexibility index (Phi) is 3.52. The van der Waals surface area contributed by atoms with Gasteiger partial charge in [-0.25, -0.2) is 4.98 Å². The number of primary amides is 1. The van der Waals surface area contributed by atoms with Crippen molar-refractivity contribution in [3.63, 3.8) is 0 Å². The zero-order valence-corrected chi connectivity index (χ0v) is 12.9. The molecule has 4 nitrogen and oxygen atoms in total. The molecular formula is C19H20N2O2. The molecule has 2 N–H and O–H groups in total. The van der Waals surface area contributed by atoms with E-state index in [1.54, 1.807) is 12.1 Å². The van der Waals surface area contributed by atoms with Crippen LogP contribution in [0.15, 0.2) is 42.6 Å². The van der Waals surface area contributed by atoms with Gasteiger partial charge in [0, 0.05) is 12.3 Å². The molecule has 2 aliphatic carbocycles. The van der Waals surface area contributed by atoms with Crippen LogP contribution in [0.5, 0.6) is 11.6 Å². The fourth-order valence-electron chi connectivity index (χ4n) is 4.14. The molecule has 3 unspecified atom stereocenters. The van der Waals surface area contributed by atoms with E-state index in [9.17, 15) is 4.79 Å². The quantitative estimate of drug-likeness (QED) is 0.932. The third-order valence-electron chi connectivity index (χ3n) is 5.29. The second-order valence-electron chi connectivity index (χ2n) is 6.70. The Labute approximate surface area is 135 Å². The van der Waals surface area contributed by atoms with Crippen LogP contribution in [-0.4, -0.2) is 10.9 Å². The molecule has 1 aromatic heterocycles. The number of aromatic nitrogens is 1. The van der Waals surface area contributed by atoms with E-state index in [1.807, 2.05) is 12.1 Å². The minimum Gasteiger partial charge on any atom is -0.439 e. The molecule has 2 bridgehead atoms. The summed E-state index contributed by atoms with van der Waals surface area (Å²) in [4.78, 5) is 15.1. The number of pyridine rings is 1. The Morgan fingerprint density at radius 1 is 1.09 bits per heavy atom. The van der Waals surface area contributed by atoms with Gasteiger partial charge in [-0.15, -0.1) is 0 Å². The first-order chi connectivity index (χ1) is 11.2. The molecule has 3 atom stereocenters. The first kappa shape index (κ1) is 14.2. The summed E-state index contributed by atoms with van der Waals surface area (Å²) in [7, 11) is 0. The second-order valence-corrected chi connectivity index (χ2v) is 6.70. The molecule has 4 rings (SSSR count). The lowest BCUT2D eigenvalue weighted by Crippen LogP contribution is -2.10. The molecule has 1 aromatic carbocycles. The van der Waals surface area contributed by atoms with Crippen molar-refractivity contribution in [3.8, 4) is 11.6 Å². The number of carbonyl (C=O) groups is 1. The predicted molar refractivity (Wildman–Crippen MR) is 87.5 cm³/mol. The molecule has 2 fully saturated rings. The second kappa shape index (κ2) is 5.69. The van der Waals surface area contributed by atoms with E-state index in [2.05, 4.69) is 17.1 Å². The van der Waals surface area contributed by atoms with Gasteiger partial charge in [0.2, 0.25) is 11.8 Å². The Morgan fingerprint density at radius 3 is 2.48 bits per heavy atom. The summed E-state index contributed by atoms with van der Waals surface area (Å²) in [5, 5.41) is 0. The number of nitrogens with two attached hydrogens (primary N) is 1. The summed E-state index contributed by atoms with van der Waals surface area (Å²) in [6.07, 6.45) is 7.01. The fraction of sp³-hybridized carbons (Fsp3) is 0.368. The molecule has 1 heterocycles. The van der Waals surface area contributed by atoms with E-state index in [-0.39, 0.29) is 0 Å². The van der Waals surface area contributed by atoms with Crippen molar-refractivity contribution in [1.82, 2.24) is 4.98 Å². The normalized spacial score (nSPS) is 25.5. The lowest BCUT2D eigenvalue weighted by atomic mass is 9.83. The van der Waals surface area contributed by atoms with Crippen molar-refractivity contribution in [3.05, 3.63) is 53.7 Å². The maximum absolute atomic E-state index is 11.0. The van der Waals surface area contributed by atoms with Crippen LogP contribution in [0.1, 0.15) is 47.5 Å². The first-order valence-electron chi connectivity index (χ1n) is 8.23. The highest BCUT2D eigenvalue weighted by atomic mass is 16.5. The van der Waals surface area contributed by atoms with Crippen molar-refractivity contribution < 1.29 is 9.53 Å². The van der Waals surface area contributed by atoms with E-state index in [0.29, 0.717) is 11.4 Å². The molecule has 2 aliphatic rings. The minimum atomic E-state index is -0.487. The number of carbonyl (C=O) groups excluding carboxylic acids is 1. The topological polar surface area (TPSA) is 65.2 Å². The highest BCUT2D eigenvalue weighted by Crippen LogP contribution is 2.52. The molecule has 4 heteroatoms. The van der Waals surface area contributed by atoms with Crippen molar-refractivity contribution in [2.75, 3.05) is 0 Å². The van der Waals surface area contributed by atoms with E-state index >= 15 is 0 Å². The maximum Gasteiger partial charge on any atom is 0.250 e. The van der Waals surface area contributed by atoms with Crippen LogP contribution in [0.2, 0.25) is 0 Å². The van der Waals surface area contributed by atoms with Crippen LogP contribution in [0, 0.1) is 11.8 Å². The molecule has 23 heavy (non-hydrogen) atoms. The van der Waals surface area contributed by atoms with E-state index in [4.69, 9.17) is 10.5 Å². The number of ether oxygens (including phenoxy) is 1. The van der Waals surface area contributed by atoms with Gasteiger partial charge in [-0.2, -0.15) is 0 Å². The third-order valence-corrected chi connectivity index (χ3v) is 5.29. The number of hydrogen-bond donors (Lipinski definition) is 1. The van der Waals surface area contributed by atoms with Crippen LogP contribution in [0.4, 0.5) is 0 Å². The Morgan fingerprint density at radius 2 is 1.91 bits per heavy atom. The van der Waals surface area contributed by atoms with Gasteiger partial charge in [0.05, 0.1) is 5.56 Å². The summed E-state index contributed by atoms with van der Waals surface area (Å²) in [5.41, 5.74) is 7.01. The zero-order chi connectivity index (χ0) is 15.8. The summed E-state index contributed by atoms with van der Waals surface area (Å²) in [5.74, 6) is 3.30. The van der Waals surface area contributed by atoms with E-state index in [1.165, 1.54) is 37.4 Å². The molecule has 0 aliphatic heterocycles. The van der Waals surface area contributed by atoms with Gasteiger partial charge in [-0.1, -0.05) is 18.6 Å². The number of rotatable bonds is 4. The smallest absolute Gasteiger partial charge is 0.250 e. The lowest BCUT2D eigenvalue weighted by molar-refractivity contribution is 0.1000. The van der Waals surface area contributed by atoms with Gasteiger partial charge in [-0.3, -0.25) is 4.79 Å². The van der Waals surface area contributed by atoms with Crippen molar-refractivity contribution in [2.45, 2.75) is 31.6 Å². The van der Waals surface area contributed by atoms with E-state index in [0.717, 1.165) is 23.5 Å². The Bertz CT molecular complexity index is 709. The summed E-state index contributed by atoms with van der Waals surface area (Å²) in [6, 6.07) is 11.6. The van der Waals surface area contributed by atoms with Gasteiger partial charge in [-0.05, 0) is 60.8 Å². The van der Waals surface area contributed by atoms with Crippen molar-refractivity contribution in [1.29, 1.82) is 0 Å². The Balaban J connectivity index is 1.45. The first-order valence-corrected chi connectivity index (χ1v) is 8.23. The van der Waals surface area contributed by atoms with E-state index < -0.39 is 5.91 Å². The highest BCUT2D eigenvalue weighted by molar-refractivity contribution is 5.92. The summed E-state index contributed by atoms with van der Waals surface area (Å²) >= 11 is 0. The van der Waals surface area contributed by atoms with Crippen LogP contribution in [0.25, 0.3) is 0 Å². The largest absolute Gasteiger partial charge is 0.439 e. The molecule has 0 spiro atoms. The molecule has 2 saturated carbocycles. The molecule has 1 amide bonds. The van der Waals surface area contributed by atoms with Crippen LogP contribution >= 0.6 is 0 Å². The molecule has 118 valence electrons. The standard InChI is InChI=1S/C19H20N2O2/c20-19(22)15-5-8-18(21-11-15)23-16-6-3-13(4-7-16)17-10-12-1-2-14(17)9-12/h3-8,11-12,14,17H,1-2,9-10H2,(H2,20,22). The number of nitrogens with zero attached hydrogens (tertiary/aromatic N) is 1. The SMILES string of the molecule is NC(=O)c1ccc(Oc2ccc(C3CC4CCC3C4)cc2)nc1. The fourth-order valence-corrected chi connectivity index (χ4v) is 4.14. The van der Waals surface area contributed by atoms with Crippen LogP contribution in [-0.2, 0) is 0 Å². The number of benzene rings is 1. The third kappa shape index (κ3) is 2.81. The average Bonchev–Trinajstić information content (AvgIpc) is 3.19. The van der Waals surface area contributed by atoms with Gasteiger partial charge in [0.1, 0.15) is 5.75 Å². The average molecular weight is 308 g/mol. The number of amides is 1. The minimum absolute atomic E-state index is 0.379. The van der Waals surface area contributed by atoms with Gasteiger partial charge < -0.3 is 10.5 Å². The number of fused-ring (bicyclic) bond motifs is 2. The highest BCUT2D eigenvalue weighted by Gasteiger charge is 2.39. The number of hydrogen-bond acceptors (Lipinski definition) is 3. The van der Waals surface area contributed by atoms with Gasteiger partial charge >= 0.3 is 0 Å². The Hall–Kier alpha value is -2.36. The van der Waals surface area contributed by atoms with Gasteiger partial charge in [0.25, 0.3) is 0 Å². The van der Waals surface area contributed by atoms with Crippen LogP contribution in [0.3, 0.4) is 0 Å². The van der Waals surface area contributed by atoms with Crippen molar-refractivity contribution in [2.24, 2.45) is 17.6 Å². The molecular weight excluding hydrogens is 288 g/mol. The predicted octanol–water partition coefficient (Wildman–Crippen LogP) is 3.88. The molecule has 0 radical (unpaired) electrons. The summed E-state index contributed by atoms with van der Waals surface area (Å²) < 4.78 is 5.73. The monoisotopic (exact) mass is 308 g/mol. The van der Waals surface area contributed by atoms with Crippen molar-refractivity contribution >= 4 is 5.91 Å². The summed E-state index contributed by atoms with van der Waals surface area (Å²) in [6.45, 7) is 0. The lowest BCUT2D eigenvalue weighted by Gasteiger charge is -2.22. The maximum atomic E-state index is 11.0. The van der Waals surface area contributed by atoms with Gasteiger partial charge in [0.15, 0.2) is 0 Å². The molecule has 2 aromatic rings. The van der Waals surface area contributed by atoms with Crippen LogP contribution < -0.4 is 10.5 Å².